The summed E-state index contributed by atoms with van der Waals surface area (Å²) in [6.45, 7) is 4.45. The highest BCUT2D eigenvalue weighted by molar-refractivity contribution is 5.69. The highest BCUT2D eigenvalue weighted by atomic mass is 16.5. The molecule has 0 fully saturated rings. The molecule has 0 aliphatic heterocycles. The Hall–Kier alpha value is -1.35. The van der Waals surface area contributed by atoms with Crippen LogP contribution >= 0.6 is 0 Å². The molecule has 0 radical (unpaired) electrons. The zero-order chi connectivity index (χ0) is 12.7. The van der Waals surface area contributed by atoms with Crippen molar-refractivity contribution in [2.24, 2.45) is 5.73 Å². The van der Waals surface area contributed by atoms with Gasteiger partial charge in [-0.05, 0) is 24.5 Å². The number of carbonyl (C=O) groups excluding carboxylic acids is 1. The number of hydrogen-bond donors (Lipinski definition) is 1. The lowest BCUT2D eigenvalue weighted by molar-refractivity contribution is -0.148. The van der Waals surface area contributed by atoms with E-state index < -0.39 is 0 Å². The topological polar surface area (TPSA) is 52.3 Å². The zero-order valence-electron chi connectivity index (χ0n) is 10.6. The van der Waals surface area contributed by atoms with Crippen LogP contribution in [0.15, 0.2) is 24.3 Å². The van der Waals surface area contributed by atoms with Crippen LogP contribution in [0.2, 0.25) is 0 Å². The molecule has 0 spiro atoms. The number of esters is 1. The summed E-state index contributed by atoms with van der Waals surface area (Å²) in [6.07, 6.45) is 2.18. The highest BCUT2D eigenvalue weighted by Gasteiger charge is 2.11. The SMILES string of the molecule is CCCCC(=O)O[C@H](C)c1cccc(CN)c1. The van der Waals surface area contributed by atoms with Crippen molar-refractivity contribution >= 4 is 5.97 Å². The molecule has 1 rings (SSSR count). The van der Waals surface area contributed by atoms with Gasteiger partial charge in [0.1, 0.15) is 6.10 Å². The molecule has 2 N–H and O–H groups in total. The summed E-state index contributed by atoms with van der Waals surface area (Å²) in [7, 11) is 0. The minimum Gasteiger partial charge on any atom is -0.458 e. The molecule has 3 nitrogen and oxygen atoms in total. The molecule has 0 heterocycles. The van der Waals surface area contributed by atoms with Gasteiger partial charge in [-0.15, -0.1) is 0 Å². The van der Waals surface area contributed by atoms with Crippen LogP contribution in [0.5, 0.6) is 0 Å². The predicted octanol–water partition coefficient (Wildman–Crippen LogP) is 2.94. The van der Waals surface area contributed by atoms with Crippen molar-refractivity contribution in [1.29, 1.82) is 0 Å². The Kier molecular flexibility index (Phi) is 5.70. The van der Waals surface area contributed by atoms with Gasteiger partial charge < -0.3 is 10.5 Å². The highest BCUT2D eigenvalue weighted by Crippen LogP contribution is 2.18. The molecule has 0 aromatic heterocycles. The van der Waals surface area contributed by atoms with Gasteiger partial charge in [0.2, 0.25) is 0 Å². The van der Waals surface area contributed by atoms with Crippen molar-refractivity contribution in [3.63, 3.8) is 0 Å². The lowest BCUT2D eigenvalue weighted by Crippen LogP contribution is -2.09. The van der Waals surface area contributed by atoms with Crippen LogP contribution < -0.4 is 5.73 Å². The normalized spacial score (nSPS) is 12.2. The first-order chi connectivity index (χ1) is 8.17. The smallest absolute Gasteiger partial charge is 0.306 e. The maximum absolute atomic E-state index is 11.5. The first-order valence-electron chi connectivity index (χ1n) is 6.15. The largest absolute Gasteiger partial charge is 0.458 e. The third-order valence-electron chi connectivity index (χ3n) is 2.70. The molecule has 1 aromatic rings. The number of unbranched alkanes of at least 4 members (excludes halogenated alkanes) is 1. The molecular formula is C14H21NO2. The minimum atomic E-state index is -0.203. The van der Waals surface area contributed by atoms with Crippen LogP contribution in [-0.4, -0.2) is 5.97 Å². The summed E-state index contributed by atoms with van der Waals surface area (Å²) in [4.78, 5) is 11.5. The van der Waals surface area contributed by atoms with E-state index in [0.29, 0.717) is 13.0 Å². The predicted molar refractivity (Wildman–Crippen MR) is 68.4 cm³/mol. The molecule has 3 heteroatoms. The van der Waals surface area contributed by atoms with Crippen molar-refractivity contribution in [2.75, 3.05) is 0 Å². The fourth-order valence-electron chi connectivity index (χ4n) is 1.62. The Balaban J connectivity index is 2.56. The van der Waals surface area contributed by atoms with Crippen LogP contribution in [0.3, 0.4) is 0 Å². The number of ether oxygens (including phenoxy) is 1. The Bertz CT molecular complexity index is 363. The van der Waals surface area contributed by atoms with E-state index in [9.17, 15) is 4.79 Å². The van der Waals surface area contributed by atoms with Gasteiger partial charge in [-0.25, -0.2) is 0 Å². The van der Waals surface area contributed by atoms with Crippen molar-refractivity contribution in [3.05, 3.63) is 35.4 Å². The maximum Gasteiger partial charge on any atom is 0.306 e. The lowest BCUT2D eigenvalue weighted by atomic mass is 10.1. The molecule has 17 heavy (non-hydrogen) atoms. The van der Waals surface area contributed by atoms with Gasteiger partial charge in [0.25, 0.3) is 0 Å². The second-order valence-corrected chi connectivity index (χ2v) is 4.18. The van der Waals surface area contributed by atoms with Crippen molar-refractivity contribution in [1.82, 2.24) is 0 Å². The fraction of sp³-hybridized carbons (Fsp3) is 0.500. The van der Waals surface area contributed by atoms with E-state index in [2.05, 4.69) is 6.92 Å². The first-order valence-corrected chi connectivity index (χ1v) is 6.15. The molecule has 94 valence electrons. The Morgan fingerprint density at radius 3 is 2.88 bits per heavy atom. The number of rotatable bonds is 6. The van der Waals surface area contributed by atoms with Gasteiger partial charge in [-0.2, -0.15) is 0 Å². The second-order valence-electron chi connectivity index (χ2n) is 4.18. The Morgan fingerprint density at radius 2 is 2.24 bits per heavy atom. The summed E-state index contributed by atoms with van der Waals surface area (Å²) in [5, 5.41) is 0. The van der Waals surface area contributed by atoms with Crippen molar-refractivity contribution in [2.45, 2.75) is 45.8 Å². The van der Waals surface area contributed by atoms with Crippen molar-refractivity contribution < 1.29 is 9.53 Å². The van der Waals surface area contributed by atoms with E-state index in [4.69, 9.17) is 10.5 Å². The van der Waals surface area contributed by atoms with E-state index in [1.165, 1.54) is 0 Å². The molecule has 0 unspecified atom stereocenters. The number of hydrogen-bond acceptors (Lipinski definition) is 3. The molecule has 0 aliphatic carbocycles. The first kappa shape index (κ1) is 13.7. The van der Waals surface area contributed by atoms with Crippen LogP contribution in [0.25, 0.3) is 0 Å². The monoisotopic (exact) mass is 235 g/mol. The van der Waals surface area contributed by atoms with Gasteiger partial charge >= 0.3 is 5.97 Å². The molecule has 0 aliphatic rings. The van der Waals surface area contributed by atoms with Gasteiger partial charge in [0, 0.05) is 13.0 Å². The zero-order valence-corrected chi connectivity index (χ0v) is 10.6. The van der Waals surface area contributed by atoms with E-state index in [-0.39, 0.29) is 12.1 Å². The Labute approximate surface area is 103 Å². The van der Waals surface area contributed by atoms with Gasteiger partial charge in [-0.1, -0.05) is 37.6 Å². The summed E-state index contributed by atoms with van der Waals surface area (Å²) < 4.78 is 5.36. The number of benzene rings is 1. The standard InChI is InChI=1S/C14H21NO2/c1-3-4-8-14(16)17-11(2)13-7-5-6-12(9-13)10-15/h5-7,9,11H,3-4,8,10,15H2,1-2H3/t11-/m1/s1. The average Bonchev–Trinajstić information content (AvgIpc) is 2.36. The van der Waals surface area contributed by atoms with E-state index in [1.807, 2.05) is 31.2 Å². The van der Waals surface area contributed by atoms with Gasteiger partial charge in [0.05, 0.1) is 0 Å². The van der Waals surface area contributed by atoms with Crippen LogP contribution in [0.1, 0.15) is 50.3 Å². The quantitative estimate of drug-likeness (QED) is 0.771. The van der Waals surface area contributed by atoms with Crippen molar-refractivity contribution in [3.8, 4) is 0 Å². The van der Waals surface area contributed by atoms with Gasteiger partial charge in [0.15, 0.2) is 0 Å². The third kappa shape index (κ3) is 4.57. The molecule has 1 aromatic carbocycles. The maximum atomic E-state index is 11.5. The molecule has 0 saturated heterocycles. The minimum absolute atomic E-state index is 0.127. The van der Waals surface area contributed by atoms with E-state index in [0.717, 1.165) is 24.0 Å². The number of carbonyl (C=O) groups is 1. The van der Waals surface area contributed by atoms with Crippen LogP contribution in [-0.2, 0) is 16.1 Å². The van der Waals surface area contributed by atoms with Crippen LogP contribution in [0.4, 0.5) is 0 Å². The lowest BCUT2D eigenvalue weighted by Gasteiger charge is -2.14. The summed E-state index contributed by atoms with van der Waals surface area (Å²) in [6, 6.07) is 7.84. The van der Waals surface area contributed by atoms with Gasteiger partial charge in [-0.3, -0.25) is 4.79 Å². The molecular weight excluding hydrogens is 214 g/mol. The second kappa shape index (κ2) is 7.07. The number of nitrogens with two attached hydrogens (primary N) is 1. The van der Waals surface area contributed by atoms with E-state index in [1.54, 1.807) is 0 Å². The Morgan fingerprint density at radius 1 is 1.47 bits per heavy atom. The summed E-state index contributed by atoms with van der Waals surface area (Å²) in [5.74, 6) is -0.127. The molecule has 1 atom stereocenters. The molecule has 0 amide bonds. The molecule has 0 bridgehead atoms. The van der Waals surface area contributed by atoms with E-state index >= 15 is 0 Å². The molecule has 0 saturated carbocycles. The average molecular weight is 235 g/mol. The third-order valence-corrected chi connectivity index (χ3v) is 2.70. The van der Waals surface area contributed by atoms with Crippen LogP contribution in [0, 0.1) is 0 Å². The summed E-state index contributed by atoms with van der Waals surface area (Å²) >= 11 is 0. The fourth-order valence-corrected chi connectivity index (χ4v) is 1.62. The summed E-state index contributed by atoms with van der Waals surface area (Å²) in [5.41, 5.74) is 7.63.